The van der Waals surface area contributed by atoms with Gasteiger partial charge in [-0.25, -0.2) is 9.97 Å². The van der Waals surface area contributed by atoms with Crippen LogP contribution in [0.5, 0.6) is 0 Å². The normalized spacial score (nSPS) is 32.9. The molecule has 0 saturated carbocycles. The lowest BCUT2D eigenvalue weighted by molar-refractivity contribution is -0.118. The van der Waals surface area contributed by atoms with E-state index >= 15 is 0 Å². The van der Waals surface area contributed by atoms with Crippen LogP contribution in [-0.2, 0) is 9.47 Å². The highest BCUT2D eigenvalue weighted by Gasteiger charge is 2.54. The molecule has 4 N–H and O–H groups in total. The summed E-state index contributed by atoms with van der Waals surface area (Å²) in [4.78, 5) is 8.16. The third kappa shape index (κ3) is 1.91. The zero-order chi connectivity index (χ0) is 15.2. The first-order valence-electron chi connectivity index (χ1n) is 6.59. The molecule has 114 valence electrons. The molecule has 2 aromatic rings. The van der Waals surface area contributed by atoms with Gasteiger partial charge in [0.05, 0.1) is 12.0 Å². The highest BCUT2D eigenvalue weighted by molar-refractivity contribution is 5.86. The molecule has 8 nitrogen and oxygen atoms in total. The second-order valence-electron chi connectivity index (χ2n) is 5.26. The number of aliphatic hydroxyl groups excluding tert-OH is 2. The molecular weight excluding hydrogens is 276 g/mol. The van der Waals surface area contributed by atoms with Crippen molar-refractivity contribution in [3.05, 3.63) is 18.6 Å². The van der Waals surface area contributed by atoms with Gasteiger partial charge in [0.1, 0.15) is 35.6 Å². The molecule has 1 aliphatic rings. The number of nitrogen functional groups attached to an aromatic ring is 1. The van der Waals surface area contributed by atoms with Crippen molar-refractivity contribution in [3.63, 3.8) is 0 Å². The van der Waals surface area contributed by atoms with Gasteiger partial charge in [-0.2, -0.15) is 0 Å². The monoisotopic (exact) mass is 294 g/mol. The second-order valence-corrected chi connectivity index (χ2v) is 5.26. The lowest BCUT2D eigenvalue weighted by Crippen LogP contribution is -2.46. The van der Waals surface area contributed by atoms with Crippen molar-refractivity contribution in [3.8, 4) is 0 Å². The SMILES string of the molecule is CO[C@]1(C)C(O)[C@@H](CO)O[C@H]1n1ccc2c(N)ncnc21. The maximum Gasteiger partial charge on any atom is 0.167 e. The first kappa shape index (κ1) is 14.2. The highest BCUT2D eigenvalue weighted by atomic mass is 16.6. The third-order valence-electron chi connectivity index (χ3n) is 4.15. The van der Waals surface area contributed by atoms with E-state index in [1.54, 1.807) is 23.8 Å². The average Bonchev–Trinajstić information content (AvgIpc) is 3.01. The fourth-order valence-electron chi connectivity index (χ4n) is 2.78. The van der Waals surface area contributed by atoms with Crippen molar-refractivity contribution in [2.75, 3.05) is 19.5 Å². The van der Waals surface area contributed by atoms with Crippen LogP contribution >= 0.6 is 0 Å². The molecule has 1 fully saturated rings. The Bertz CT molecular complexity index is 661. The van der Waals surface area contributed by atoms with Crippen LogP contribution in [0.15, 0.2) is 18.6 Å². The number of hydrogen-bond acceptors (Lipinski definition) is 7. The van der Waals surface area contributed by atoms with E-state index in [2.05, 4.69) is 9.97 Å². The summed E-state index contributed by atoms with van der Waals surface area (Å²) < 4.78 is 13.0. The summed E-state index contributed by atoms with van der Waals surface area (Å²) in [6.07, 6.45) is 0.796. The van der Waals surface area contributed by atoms with Crippen molar-refractivity contribution in [1.82, 2.24) is 14.5 Å². The van der Waals surface area contributed by atoms with Crippen molar-refractivity contribution in [2.24, 2.45) is 0 Å². The van der Waals surface area contributed by atoms with Crippen LogP contribution in [0.3, 0.4) is 0 Å². The number of fused-ring (bicyclic) bond motifs is 1. The largest absolute Gasteiger partial charge is 0.394 e. The molecule has 1 unspecified atom stereocenters. The van der Waals surface area contributed by atoms with Gasteiger partial charge in [-0.3, -0.25) is 0 Å². The maximum absolute atomic E-state index is 10.3. The van der Waals surface area contributed by atoms with E-state index in [1.807, 2.05) is 0 Å². The van der Waals surface area contributed by atoms with Crippen LogP contribution in [0.1, 0.15) is 13.2 Å². The summed E-state index contributed by atoms with van der Waals surface area (Å²) >= 11 is 0. The summed E-state index contributed by atoms with van der Waals surface area (Å²) in [6.45, 7) is 1.43. The predicted molar refractivity (Wildman–Crippen MR) is 74.4 cm³/mol. The minimum atomic E-state index is -1.01. The van der Waals surface area contributed by atoms with Crippen LogP contribution < -0.4 is 5.73 Å². The average molecular weight is 294 g/mol. The Labute approximate surface area is 121 Å². The zero-order valence-electron chi connectivity index (χ0n) is 11.8. The Morgan fingerprint density at radius 2 is 2.29 bits per heavy atom. The van der Waals surface area contributed by atoms with Crippen molar-refractivity contribution < 1.29 is 19.7 Å². The smallest absolute Gasteiger partial charge is 0.167 e. The van der Waals surface area contributed by atoms with Gasteiger partial charge in [0.2, 0.25) is 0 Å². The number of hydrogen-bond donors (Lipinski definition) is 3. The van der Waals surface area contributed by atoms with Gasteiger partial charge in [0, 0.05) is 13.3 Å². The highest BCUT2D eigenvalue weighted by Crippen LogP contribution is 2.42. The lowest BCUT2D eigenvalue weighted by atomic mass is 9.96. The molecule has 0 aliphatic carbocycles. The molecular formula is C13H18N4O4. The van der Waals surface area contributed by atoms with Gasteiger partial charge in [0.25, 0.3) is 0 Å². The number of ether oxygens (including phenoxy) is 2. The summed E-state index contributed by atoms with van der Waals surface area (Å²) in [5.74, 6) is 0.370. The number of nitrogens with two attached hydrogens (primary N) is 1. The molecule has 8 heteroatoms. The molecule has 21 heavy (non-hydrogen) atoms. The van der Waals surface area contributed by atoms with E-state index in [0.29, 0.717) is 16.9 Å². The van der Waals surface area contributed by atoms with E-state index in [4.69, 9.17) is 15.2 Å². The van der Waals surface area contributed by atoms with E-state index in [1.165, 1.54) is 13.4 Å². The number of aliphatic hydroxyl groups is 2. The summed E-state index contributed by atoms with van der Waals surface area (Å²) in [7, 11) is 1.49. The molecule has 1 aliphatic heterocycles. The first-order chi connectivity index (χ1) is 10.0. The minimum Gasteiger partial charge on any atom is -0.394 e. The molecule has 3 rings (SSSR count). The number of rotatable bonds is 3. The van der Waals surface area contributed by atoms with E-state index in [0.717, 1.165) is 0 Å². The van der Waals surface area contributed by atoms with E-state index in [9.17, 15) is 10.2 Å². The van der Waals surface area contributed by atoms with Gasteiger partial charge in [-0.1, -0.05) is 0 Å². The van der Waals surface area contributed by atoms with Gasteiger partial charge >= 0.3 is 0 Å². The van der Waals surface area contributed by atoms with Crippen LogP contribution in [0.4, 0.5) is 5.82 Å². The van der Waals surface area contributed by atoms with Gasteiger partial charge in [-0.15, -0.1) is 0 Å². The minimum absolute atomic E-state index is 0.299. The molecule has 3 heterocycles. The standard InChI is InChI=1S/C13H18N4O4/c1-13(20-2)9(19)8(5-18)21-12(13)17-4-3-7-10(14)15-6-16-11(7)17/h3-4,6,8-9,12,18-19H,5H2,1-2H3,(H2,14,15,16)/t8-,9?,12-,13-/m1/s1. The number of nitrogens with zero attached hydrogens (tertiary/aromatic N) is 3. The van der Waals surface area contributed by atoms with E-state index in [-0.39, 0.29) is 6.61 Å². The molecule has 1 saturated heterocycles. The lowest BCUT2D eigenvalue weighted by Gasteiger charge is -2.31. The van der Waals surface area contributed by atoms with Crippen molar-refractivity contribution in [2.45, 2.75) is 31.0 Å². The fourth-order valence-corrected chi connectivity index (χ4v) is 2.78. The van der Waals surface area contributed by atoms with Crippen LogP contribution in [-0.4, -0.2) is 56.3 Å². The number of aromatic nitrogens is 3. The molecule has 0 aromatic carbocycles. The molecule has 0 amide bonds. The molecule has 0 radical (unpaired) electrons. The van der Waals surface area contributed by atoms with Crippen LogP contribution in [0.2, 0.25) is 0 Å². The molecule has 2 aromatic heterocycles. The summed E-state index contributed by atoms with van der Waals surface area (Å²) in [5.41, 5.74) is 5.39. The molecule has 0 bridgehead atoms. The first-order valence-corrected chi connectivity index (χ1v) is 6.59. The Hall–Kier alpha value is -1.74. The Kier molecular flexibility index (Phi) is 3.33. The maximum atomic E-state index is 10.3. The molecule has 4 atom stereocenters. The quantitative estimate of drug-likeness (QED) is 0.709. The van der Waals surface area contributed by atoms with Crippen LogP contribution in [0.25, 0.3) is 11.0 Å². The summed E-state index contributed by atoms with van der Waals surface area (Å²) in [5, 5.41) is 20.4. The second kappa shape index (κ2) is 4.92. The number of methoxy groups -OCH3 is 1. The summed E-state index contributed by atoms with van der Waals surface area (Å²) in [6, 6.07) is 1.78. The Morgan fingerprint density at radius 3 is 2.95 bits per heavy atom. The topological polar surface area (TPSA) is 116 Å². The predicted octanol–water partition coefficient (Wildman–Crippen LogP) is -0.331. The van der Waals surface area contributed by atoms with Gasteiger partial charge in [0.15, 0.2) is 6.23 Å². The third-order valence-corrected chi connectivity index (χ3v) is 4.15. The Balaban J connectivity index is 2.11. The van der Waals surface area contributed by atoms with Gasteiger partial charge < -0.3 is 30.0 Å². The van der Waals surface area contributed by atoms with Crippen molar-refractivity contribution >= 4 is 16.9 Å². The molecule has 0 spiro atoms. The Morgan fingerprint density at radius 1 is 1.52 bits per heavy atom. The fraction of sp³-hybridized carbons (Fsp3) is 0.538. The van der Waals surface area contributed by atoms with Crippen LogP contribution in [0, 0.1) is 0 Å². The zero-order valence-corrected chi connectivity index (χ0v) is 11.8. The van der Waals surface area contributed by atoms with Crippen molar-refractivity contribution in [1.29, 1.82) is 0 Å². The number of anilines is 1. The van der Waals surface area contributed by atoms with E-state index < -0.39 is 24.0 Å². The van der Waals surface area contributed by atoms with Gasteiger partial charge in [-0.05, 0) is 13.0 Å².